The molecule has 0 saturated carbocycles. The van der Waals surface area contributed by atoms with Gasteiger partial charge in [-0.3, -0.25) is 0 Å². The molecule has 0 fully saturated rings. The third-order valence-corrected chi connectivity index (χ3v) is 14.4. The summed E-state index contributed by atoms with van der Waals surface area (Å²) in [4.78, 5) is 11.6. The lowest BCUT2D eigenvalue weighted by molar-refractivity contribution is 1.18. The van der Waals surface area contributed by atoms with Crippen molar-refractivity contribution in [2.75, 3.05) is 0 Å². The summed E-state index contributed by atoms with van der Waals surface area (Å²) >= 11 is 1.82. The predicted octanol–water partition coefficient (Wildman–Crippen LogP) is 18.0. The zero-order chi connectivity index (χ0) is 44.3. The third kappa shape index (κ3) is 6.88. The van der Waals surface area contributed by atoms with Crippen molar-refractivity contribution in [3.8, 4) is 77.7 Å². The molecule has 0 aliphatic rings. The highest BCUT2D eigenvalue weighted by Crippen LogP contribution is 2.47. The molecule has 0 spiro atoms. The first-order valence-corrected chi connectivity index (χ1v) is 23.6. The second kappa shape index (κ2) is 16.2. The Bertz CT molecular complexity index is 3990. The van der Waals surface area contributed by atoms with Gasteiger partial charge in [0.2, 0.25) is 0 Å². The lowest BCUT2D eigenvalue weighted by Crippen LogP contribution is -1.96. The number of nitrogens with zero attached hydrogens (tertiary/aromatic N) is 2. The van der Waals surface area contributed by atoms with Gasteiger partial charge in [-0.05, 0) is 112 Å². The van der Waals surface area contributed by atoms with E-state index in [0.29, 0.717) is 5.82 Å². The summed E-state index contributed by atoms with van der Waals surface area (Å²) < 4.78 is 1.28. The van der Waals surface area contributed by atoms with Gasteiger partial charge in [0, 0.05) is 31.8 Å². The number of hydrogen-bond donors (Lipinski definition) is 0. The van der Waals surface area contributed by atoms with Gasteiger partial charge in [0.25, 0.3) is 0 Å². The Kier molecular flexibility index (Phi) is 9.40. The van der Waals surface area contributed by atoms with E-state index in [-0.39, 0.29) is 0 Å². The SMILES string of the molecule is c1ccc(-c2nc(-c3ccc(-c4ccc5cc(-c6c7ccccc7c(-c7ccccc7)c7ccc8ccccc8c67)ccc5c4)cc3)cc(-c3ccccc3-c3cc4ccccc4s3)n2)cc1. The van der Waals surface area contributed by atoms with Crippen molar-refractivity contribution in [1.29, 1.82) is 0 Å². The predicted molar refractivity (Wildman–Crippen MR) is 285 cm³/mol. The molecule has 0 aliphatic carbocycles. The van der Waals surface area contributed by atoms with Crippen molar-refractivity contribution in [3.63, 3.8) is 0 Å². The van der Waals surface area contributed by atoms with Crippen LogP contribution in [0.15, 0.2) is 243 Å². The zero-order valence-corrected chi connectivity index (χ0v) is 37.2. The average Bonchev–Trinajstić information content (AvgIpc) is 3.85. The van der Waals surface area contributed by atoms with Crippen LogP contribution in [0.3, 0.4) is 0 Å². The van der Waals surface area contributed by atoms with Crippen LogP contribution in [0, 0.1) is 0 Å². The van der Waals surface area contributed by atoms with Crippen LogP contribution >= 0.6 is 11.3 Å². The first kappa shape index (κ1) is 38.9. The molecule has 0 amide bonds. The Morgan fingerprint density at radius 2 is 0.836 bits per heavy atom. The van der Waals surface area contributed by atoms with E-state index in [9.17, 15) is 0 Å². The number of fused-ring (bicyclic) bond motifs is 6. The van der Waals surface area contributed by atoms with E-state index in [1.807, 2.05) is 29.5 Å². The second-order valence-corrected chi connectivity index (χ2v) is 18.3. The largest absolute Gasteiger partial charge is 0.228 e. The van der Waals surface area contributed by atoms with E-state index in [0.717, 1.165) is 33.6 Å². The van der Waals surface area contributed by atoms with Crippen molar-refractivity contribution in [1.82, 2.24) is 9.97 Å². The highest BCUT2D eigenvalue weighted by molar-refractivity contribution is 7.22. The van der Waals surface area contributed by atoms with Gasteiger partial charge in [-0.25, -0.2) is 9.97 Å². The van der Waals surface area contributed by atoms with Crippen LogP contribution in [0.25, 0.3) is 131 Å². The Morgan fingerprint density at radius 3 is 1.60 bits per heavy atom. The molecule has 0 atom stereocenters. The van der Waals surface area contributed by atoms with Gasteiger partial charge in [0.05, 0.1) is 11.4 Å². The topological polar surface area (TPSA) is 25.8 Å². The zero-order valence-electron chi connectivity index (χ0n) is 36.4. The fraction of sp³-hybridized carbons (Fsp3) is 0. The molecule has 0 N–H and O–H groups in total. The Balaban J connectivity index is 0.887. The van der Waals surface area contributed by atoms with Gasteiger partial charge in [-0.2, -0.15) is 0 Å². The molecule has 0 bridgehead atoms. The lowest BCUT2D eigenvalue weighted by atomic mass is 9.83. The van der Waals surface area contributed by atoms with Crippen LogP contribution in [0.1, 0.15) is 0 Å². The van der Waals surface area contributed by atoms with E-state index < -0.39 is 0 Å². The summed E-state index contributed by atoms with van der Waals surface area (Å²) in [6, 6.07) is 87.8. The summed E-state index contributed by atoms with van der Waals surface area (Å²) in [5, 5.41) is 11.3. The van der Waals surface area contributed by atoms with Crippen LogP contribution in [0.2, 0.25) is 0 Å². The van der Waals surface area contributed by atoms with Crippen LogP contribution in [-0.2, 0) is 0 Å². The fourth-order valence-corrected chi connectivity index (χ4v) is 11.2. The summed E-state index contributed by atoms with van der Waals surface area (Å²) in [6.07, 6.45) is 0. The molecule has 0 radical (unpaired) electrons. The monoisotopic (exact) mass is 868 g/mol. The minimum absolute atomic E-state index is 0.707. The van der Waals surface area contributed by atoms with Crippen LogP contribution < -0.4 is 0 Å². The maximum Gasteiger partial charge on any atom is 0.160 e. The minimum atomic E-state index is 0.707. The smallest absolute Gasteiger partial charge is 0.160 e. The summed E-state index contributed by atoms with van der Waals surface area (Å²) in [6.45, 7) is 0. The number of benzene rings is 11. The molecular formula is C64H40N2S. The van der Waals surface area contributed by atoms with Gasteiger partial charge in [-0.15, -0.1) is 11.3 Å². The Labute approximate surface area is 392 Å². The van der Waals surface area contributed by atoms with Gasteiger partial charge < -0.3 is 0 Å². The van der Waals surface area contributed by atoms with E-state index in [4.69, 9.17) is 9.97 Å². The van der Waals surface area contributed by atoms with E-state index >= 15 is 0 Å². The summed E-state index contributed by atoms with van der Waals surface area (Å²) in [7, 11) is 0. The molecule has 2 heterocycles. The number of hydrogen-bond acceptors (Lipinski definition) is 3. The fourth-order valence-electron chi connectivity index (χ4n) is 10.1. The number of rotatable bonds is 7. The molecule has 312 valence electrons. The summed E-state index contributed by atoms with van der Waals surface area (Å²) in [5.41, 5.74) is 13.4. The van der Waals surface area contributed by atoms with Crippen molar-refractivity contribution in [2.45, 2.75) is 0 Å². The van der Waals surface area contributed by atoms with E-state index in [1.54, 1.807) is 0 Å². The molecular weight excluding hydrogens is 829 g/mol. The second-order valence-electron chi connectivity index (χ2n) is 17.2. The summed E-state index contributed by atoms with van der Waals surface area (Å²) in [5.74, 6) is 0.707. The van der Waals surface area contributed by atoms with Crippen molar-refractivity contribution < 1.29 is 0 Å². The molecule has 0 aliphatic heterocycles. The van der Waals surface area contributed by atoms with E-state index in [1.165, 1.54) is 91.4 Å². The molecule has 13 aromatic rings. The normalized spacial score (nSPS) is 11.6. The van der Waals surface area contributed by atoms with Crippen molar-refractivity contribution >= 4 is 64.5 Å². The van der Waals surface area contributed by atoms with Gasteiger partial charge in [0.1, 0.15) is 0 Å². The quantitative estimate of drug-likeness (QED) is 0.118. The molecule has 3 heteroatoms. The number of thiophene rings is 1. The molecule has 67 heavy (non-hydrogen) atoms. The molecule has 2 nitrogen and oxygen atoms in total. The van der Waals surface area contributed by atoms with Gasteiger partial charge in [0.15, 0.2) is 5.82 Å². The Morgan fingerprint density at radius 1 is 0.284 bits per heavy atom. The third-order valence-electron chi connectivity index (χ3n) is 13.3. The van der Waals surface area contributed by atoms with Crippen LogP contribution in [0.5, 0.6) is 0 Å². The highest BCUT2D eigenvalue weighted by Gasteiger charge is 2.20. The average molecular weight is 869 g/mol. The molecule has 11 aromatic carbocycles. The first-order chi connectivity index (χ1) is 33.2. The highest BCUT2D eigenvalue weighted by atomic mass is 32.1. The van der Waals surface area contributed by atoms with Crippen molar-refractivity contribution in [3.05, 3.63) is 243 Å². The van der Waals surface area contributed by atoms with Crippen molar-refractivity contribution in [2.24, 2.45) is 0 Å². The van der Waals surface area contributed by atoms with Crippen LogP contribution in [-0.4, -0.2) is 9.97 Å². The first-order valence-electron chi connectivity index (χ1n) is 22.8. The lowest BCUT2D eigenvalue weighted by Gasteiger charge is -2.19. The Hall–Kier alpha value is -8.50. The molecule has 13 rings (SSSR count). The maximum absolute atomic E-state index is 5.21. The molecule has 0 saturated heterocycles. The van der Waals surface area contributed by atoms with E-state index in [2.05, 4.69) is 224 Å². The molecule has 2 aromatic heterocycles. The van der Waals surface area contributed by atoms with Gasteiger partial charge >= 0.3 is 0 Å². The van der Waals surface area contributed by atoms with Crippen LogP contribution in [0.4, 0.5) is 0 Å². The standard InChI is InChI=1S/C64H40N2S/c1-3-16-44(17-4-1)61-54-24-12-13-25-55(54)62(63-51-21-9-7-15-42(51)35-36-56(61)63)50-34-33-47-37-46(31-32-48(47)38-50)41-27-29-43(30-28-41)57-40-58(66-64(65-57)45-18-5-2-6-19-45)52-22-10-11-23-53(52)60-39-49-20-8-14-26-59(49)67-60/h1-40H. The minimum Gasteiger partial charge on any atom is -0.228 e. The number of aromatic nitrogens is 2. The van der Waals surface area contributed by atoms with Gasteiger partial charge in [-0.1, -0.05) is 212 Å². The molecule has 0 unspecified atom stereocenters. The maximum atomic E-state index is 5.21.